The Morgan fingerprint density at radius 1 is 1.33 bits per heavy atom. The number of hydrogen-bond donors (Lipinski definition) is 1. The van der Waals surface area contributed by atoms with Gasteiger partial charge in [-0.1, -0.05) is 19.9 Å². The Labute approximate surface area is 109 Å². The van der Waals surface area contributed by atoms with E-state index in [1.165, 1.54) is 12.5 Å². The summed E-state index contributed by atoms with van der Waals surface area (Å²) in [6.45, 7) is 5.18. The number of halogens is 1. The molecule has 1 unspecified atom stereocenters. The minimum Gasteiger partial charge on any atom is -0.368 e. The van der Waals surface area contributed by atoms with Gasteiger partial charge in [0.1, 0.15) is 5.82 Å². The van der Waals surface area contributed by atoms with Crippen molar-refractivity contribution in [2.75, 3.05) is 18.5 Å². The first-order valence-electron chi connectivity index (χ1n) is 6.58. The first kappa shape index (κ1) is 13.3. The molecule has 0 bridgehead atoms. The highest BCUT2D eigenvalue weighted by atomic mass is 19.1. The van der Waals surface area contributed by atoms with Crippen molar-refractivity contribution in [1.82, 2.24) is 0 Å². The second-order valence-corrected chi connectivity index (χ2v) is 6.31. The molecule has 0 amide bonds. The lowest BCUT2D eigenvalue weighted by Gasteiger charge is -2.41. The van der Waals surface area contributed by atoms with Crippen LogP contribution in [0.3, 0.4) is 0 Å². The SMILES string of the molecule is CN(c1cccc(F)c1)C1(CN)CCC(C)(C)C1. The molecule has 1 saturated carbocycles. The second kappa shape index (κ2) is 4.54. The van der Waals surface area contributed by atoms with Gasteiger partial charge < -0.3 is 10.6 Å². The summed E-state index contributed by atoms with van der Waals surface area (Å²) in [5, 5.41) is 0. The molecule has 0 heterocycles. The number of likely N-dealkylation sites (N-methyl/N-ethyl adjacent to an activating group) is 1. The van der Waals surface area contributed by atoms with Gasteiger partial charge in [0.15, 0.2) is 0 Å². The van der Waals surface area contributed by atoms with E-state index < -0.39 is 0 Å². The molecule has 1 aromatic rings. The number of nitrogens with two attached hydrogens (primary N) is 1. The lowest BCUT2D eigenvalue weighted by Crippen LogP contribution is -2.51. The third kappa shape index (κ3) is 2.37. The Morgan fingerprint density at radius 3 is 2.56 bits per heavy atom. The summed E-state index contributed by atoms with van der Waals surface area (Å²) in [5.41, 5.74) is 7.24. The maximum absolute atomic E-state index is 13.3. The van der Waals surface area contributed by atoms with Crippen molar-refractivity contribution < 1.29 is 4.39 Å². The third-order valence-electron chi connectivity index (χ3n) is 4.36. The molecule has 0 saturated heterocycles. The predicted octanol–water partition coefficient (Wildman–Crippen LogP) is 3.17. The Kier molecular flexibility index (Phi) is 3.37. The van der Waals surface area contributed by atoms with Gasteiger partial charge in [0.2, 0.25) is 0 Å². The molecule has 1 atom stereocenters. The van der Waals surface area contributed by atoms with Crippen molar-refractivity contribution in [2.24, 2.45) is 11.1 Å². The van der Waals surface area contributed by atoms with Gasteiger partial charge in [-0.15, -0.1) is 0 Å². The van der Waals surface area contributed by atoms with Crippen LogP contribution in [0.2, 0.25) is 0 Å². The monoisotopic (exact) mass is 250 g/mol. The van der Waals surface area contributed by atoms with E-state index in [0.29, 0.717) is 12.0 Å². The molecular formula is C15H23FN2. The van der Waals surface area contributed by atoms with Gasteiger partial charge in [-0.2, -0.15) is 0 Å². The highest BCUT2D eigenvalue weighted by Gasteiger charge is 2.45. The standard InChI is InChI=1S/C15H23FN2/c1-14(2)7-8-15(10-14,11-17)18(3)13-6-4-5-12(16)9-13/h4-6,9H,7-8,10-11,17H2,1-3H3. The van der Waals surface area contributed by atoms with Crippen LogP contribution < -0.4 is 10.6 Å². The minimum absolute atomic E-state index is 0.0305. The summed E-state index contributed by atoms with van der Waals surface area (Å²) in [6, 6.07) is 6.77. The smallest absolute Gasteiger partial charge is 0.125 e. The summed E-state index contributed by atoms with van der Waals surface area (Å²) in [6.07, 6.45) is 3.30. The number of benzene rings is 1. The molecule has 2 nitrogen and oxygen atoms in total. The highest BCUT2D eigenvalue weighted by Crippen LogP contribution is 2.46. The van der Waals surface area contributed by atoms with Crippen LogP contribution >= 0.6 is 0 Å². The molecule has 3 heteroatoms. The maximum atomic E-state index is 13.3. The summed E-state index contributed by atoms with van der Waals surface area (Å²) >= 11 is 0. The zero-order chi connectivity index (χ0) is 13.4. The average Bonchev–Trinajstić information content (AvgIpc) is 2.65. The molecule has 2 rings (SSSR count). The zero-order valence-electron chi connectivity index (χ0n) is 11.5. The molecule has 1 aliphatic rings. The van der Waals surface area contributed by atoms with E-state index in [-0.39, 0.29) is 11.4 Å². The predicted molar refractivity (Wildman–Crippen MR) is 74.2 cm³/mol. The van der Waals surface area contributed by atoms with Gasteiger partial charge in [0, 0.05) is 19.3 Å². The lowest BCUT2D eigenvalue weighted by molar-refractivity contribution is 0.332. The Hall–Kier alpha value is -1.09. The molecule has 100 valence electrons. The Bertz CT molecular complexity index is 430. The molecule has 0 aliphatic heterocycles. The Balaban J connectivity index is 2.29. The van der Waals surface area contributed by atoms with Crippen molar-refractivity contribution in [1.29, 1.82) is 0 Å². The molecule has 0 aromatic heterocycles. The van der Waals surface area contributed by atoms with Crippen molar-refractivity contribution in [3.63, 3.8) is 0 Å². The molecule has 1 aliphatic carbocycles. The van der Waals surface area contributed by atoms with E-state index >= 15 is 0 Å². The molecule has 1 fully saturated rings. The number of anilines is 1. The van der Waals surface area contributed by atoms with Crippen LogP contribution in [-0.2, 0) is 0 Å². The van der Waals surface area contributed by atoms with Crippen LogP contribution in [0.5, 0.6) is 0 Å². The van der Waals surface area contributed by atoms with Crippen LogP contribution in [-0.4, -0.2) is 19.1 Å². The number of hydrogen-bond acceptors (Lipinski definition) is 2. The van der Waals surface area contributed by atoms with E-state index in [0.717, 1.165) is 18.5 Å². The fourth-order valence-corrected chi connectivity index (χ4v) is 3.19. The highest BCUT2D eigenvalue weighted by molar-refractivity contribution is 5.49. The third-order valence-corrected chi connectivity index (χ3v) is 4.36. The largest absolute Gasteiger partial charge is 0.368 e. The van der Waals surface area contributed by atoms with Crippen molar-refractivity contribution >= 4 is 5.69 Å². The minimum atomic E-state index is -0.191. The maximum Gasteiger partial charge on any atom is 0.125 e. The first-order chi connectivity index (χ1) is 8.38. The lowest BCUT2D eigenvalue weighted by atomic mass is 9.86. The van der Waals surface area contributed by atoms with Crippen molar-refractivity contribution in [2.45, 2.75) is 38.6 Å². The zero-order valence-corrected chi connectivity index (χ0v) is 11.5. The number of nitrogens with zero attached hydrogens (tertiary/aromatic N) is 1. The first-order valence-corrected chi connectivity index (χ1v) is 6.58. The summed E-state index contributed by atoms with van der Waals surface area (Å²) in [7, 11) is 2.03. The topological polar surface area (TPSA) is 29.3 Å². The van der Waals surface area contributed by atoms with Gasteiger partial charge in [0.05, 0.1) is 5.54 Å². The van der Waals surface area contributed by atoms with Crippen LogP contribution in [0.15, 0.2) is 24.3 Å². The van der Waals surface area contributed by atoms with Crippen molar-refractivity contribution in [3.8, 4) is 0 Å². The van der Waals surface area contributed by atoms with Crippen LogP contribution in [0.25, 0.3) is 0 Å². The van der Waals surface area contributed by atoms with E-state index in [1.807, 2.05) is 13.1 Å². The van der Waals surface area contributed by atoms with E-state index in [9.17, 15) is 4.39 Å². The van der Waals surface area contributed by atoms with Gasteiger partial charge in [-0.05, 0) is 42.9 Å². The molecule has 2 N–H and O–H groups in total. The normalized spacial score (nSPS) is 26.3. The molecular weight excluding hydrogens is 227 g/mol. The van der Waals surface area contributed by atoms with E-state index in [4.69, 9.17) is 5.73 Å². The molecule has 0 spiro atoms. The van der Waals surface area contributed by atoms with E-state index in [1.54, 1.807) is 12.1 Å². The second-order valence-electron chi connectivity index (χ2n) is 6.31. The van der Waals surface area contributed by atoms with E-state index in [2.05, 4.69) is 18.7 Å². The number of rotatable bonds is 3. The fraction of sp³-hybridized carbons (Fsp3) is 0.600. The summed E-state index contributed by atoms with van der Waals surface area (Å²) in [4.78, 5) is 2.17. The molecule has 0 radical (unpaired) electrons. The quantitative estimate of drug-likeness (QED) is 0.892. The van der Waals surface area contributed by atoms with Crippen LogP contribution in [0.4, 0.5) is 10.1 Å². The van der Waals surface area contributed by atoms with Gasteiger partial charge in [-0.3, -0.25) is 0 Å². The van der Waals surface area contributed by atoms with Crippen molar-refractivity contribution in [3.05, 3.63) is 30.1 Å². The molecule has 1 aromatic carbocycles. The van der Waals surface area contributed by atoms with Gasteiger partial charge in [0.25, 0.3) is 0 Å². The average molecular weight is 250 g/mol. The fourth-order valence-electron chi connectivity index (χ4n) is 3.19. The molecule has 18 heavy (non-hydrogen) atoms. The summed E-state index contributed by atoms with van der Waals surface area (Å²) in [5.74, 6) is -0.191. The van der Waals surface area contributed by atoms with Gasteiger partial charge >= 0.3 is 0 Å². The van der Waals surface area contributed by atoms with Crippen LogP contribution in [0.1, 0.15) is 33.1 Å². The van der Waals surface area contributed by atoms with Crippen LogP contribution in [0, 0.1) is 11.2 Å². The Morgan fingerprint density at radius 2 is 2.06 bits per heavy atom. The van der Waals surface area contributed by atoms with Gasteiger partial charge in [-0.25, -0.2) is 4.39 Å². The summed E-state index contributed by atoms with van der Waals surface area (Å²) < 4.78 is 13.3.